The summed E-state index contributed by atoms with van der Waals surface area (Å²) >= 11 is 1.11. The Kier molecular flexibility index (Phi) is 3.60. The van der Waals surface area contributed by atoms with Crippen molar-refractivity contribution >= 4 is 23.7 Å². The molecule has 1 amide bonds. The molecule has 1 saturated carbocycles. The molecule has 7 heteroatoms. The number of aromatic nitrogens is 1. The summed E-state index contributed by atoms with van der Waals surface area (Å²) in [7, 11) is 0. The molecule has 0 aliphatic heterocycles. The van der Waals surface area contributed by atoms with Gasteiger partial charge in [-0.15, -0.1) is 11.3 Å². The van der Waals surface area contributed by atoms with E-state index in [-0.39, 0.29) is 18.8 Å². The SMILES string of the molecule is CCOC(=O)c1nc(CNC=O)sc1C1(F)CC1. The summed E-state index contributed by atoms with van der Waals surface area (Å²) in [6.07, 6.45) is 1.34. The zero-order chi connectivity index (χ0) is 13.2. The topological polar surface area (TPSA) is 68.3 Å². The number of amides is 1. The van der Waals surface area contributed by atoms with Crippen molar-refractivity contribution in [1.29, 1.82) is 0 Å². The first-order chi connectivity index (χ1) is 8.60. The molecule has 1 aliphatic rings. The van der Waals surface area contributed by atoms with E-state index < -0.39 is 11.6 Å². The van der Waals surface area contributed by atoms with E-state index in [1.54, 1.807) is 6.92 Å². The molecule has 1 N–H and O–H groups in total. The minimum absolute atomic E-state index is 0.0459. The number of rotatable bonds is 6. The van der Waals surface area contributed by atoms with Crippen LogP contribution in [-0.2, 0) is 21.7 Å². The Morgan fingerprint density at radius 3 is 2.94 bits per heavy atom. The monoisotopic (exact) mass is 272 g/mol. The maximum absolute atomic E-state index is 14.1. The van der Waals surface area contributed by atoms with Crippen molar-refractivity contribution in [1.82, 2.24) is 10.3 Å². The highest BCUT2D eigenvalue weighted by molar-refractivity contribution is 7.12. The first-order valence-corrected chi connectivity index (χ1v) is 6.45. The fourth-order valence-electron chi connectivity index (χ4n) is 1.55. The van der Waals surface area contributed by atoms with Gasteiger partial charge in [-0.25, -0.2) is 14.2 Å². The van der Waals surface area contributed by atoms with Crippen LogP contribution in [-0.4, -0.2) is 24.0 Å². The Hall–Kier alpha value is -1.50. The Bertz CT molecular complexity index is 471. The fourth-order valence-corrected chi connectivity index (χ4v) is 2.69. The second kappa shape index (κ2) is 5.01. The molecule has 1 aromatic heterocycles. The van der Waals surface area contributed by atoms with E-state index >= 15 is 0 Å². The minimum Gasteiger partial charge on any atom is -0.461 e. The molecule has 2 rings (SSSR count). The standard InChI is InChI=1S/C11H13FN2O3S/c1-2-17-10(16)8-9(11(12)3-4-11)18-7(14-8)5-13-6-15/h6H,2-5H2,1H3,(H,13,15). The number of hydrogen-bond donors (Lipinski definition) is 1. The van der Waals surface area contributed by atoms with Gasteiger partial charge < -0.3 is 10.1 Å². The van der Waals surface area contributed by atoms with Crippen LogP contribution in [0.2, 0.25) is 0 Å². The highest BCUT2D eigenvalue weighted by Gasteiger charge is 2.49. The molecule has 1 aliphatic carbocycles. The molecule has 18 heavy (non-hydrogen) atoms. The van der Waals surface area contributed by atoms with E-state index in [4.69, 9.17) is 4.74 Å². The smallest absolute Gasteiger partial charge is 0.358 e. The van der Waals surface area contributed by atoms with Gasteiger partial charge >= 0.3 is 5.97 Å². The van der Waals surface area contributed by atoms with Crippen LogP contribution in [0.3, 0.4) is 0 Å². The van der Waals surface area contributed by atoms with Gasteiger partial charge in [-0.05, 0) is 19.8 Å². The lowest BCUT2D eigenvalue weighted by Gasteiger charge is -2.04. The molecule has 0 aromatic carbocycles. The van der Waals surface area contributed by atoms with Crippen LogP contribution in [0.5, 0.6) is 0 Å². The summed E-state index contributed by atoms with van der Waals surface area (Å²) in [5.74, 6) is -0.606. The number of carbonyl (C=O) groups excluding carboxylic acids is 2. The largest absolute Gasteiger partial charge is 0.461 e. The maximum Gasteiger partial charge on any atom is 0.358 e. The Morgan fingerprint density at radius 1 is 1.67 bits per heavy atom. The second-order valence-corrected chi connectivity index (χ2v) is 5.05. The van der Waals surface area contributed by atoms with E-state index in [0.717, 1.165) is 11.3 Å². The van der Waals surface area contributed by atoms with Crippen molar-refractivity contribution in [3.05, 3.63) is 15.6 Å². The Morgan fingerprint density at radius 2 is 2.39 bits per heavy atom. The molecule has 0 saturated heterocycles. The number of nitrogens with zero attached hydrogens (tertiary/aromatic N) is 1. The first kappa shape index (κ1) is 12.9. The zero-order valence-corrected chi connectivity index (χ0v) is 10.7. The fraction of sp³-hybridized carbons (Fsp3) is 0.545. The summed E-state index contributed by atoms with van der Waals surface area (Å²) in [5, 5.41) is 2.94. The van der Waals surface area contributed by atoms with E-state index in [9.17, 15) is 14.0 Å². The van der Waals surface area contributed by atoms with Gasteiger partial charge in [0.2, 0.25) is 6.41 Å². The quantitative estimate of drug-likeness (QED) is 0.630. The number of halogens is 1. The van der Waals surface area contributed by atoms with Crippen LogP contribution in [0.25, 0.3) is 0 Å². The highest BCUT2D eigenvalue weighted by atomic mass is 32.1. The number of nitrogens with one attached hydrogen (secondary N) is 1. The Balaban J connectivity index is 2.27. The highest BCUT2D eigenvalue weighted by Crippen LogP contribution is 2.52. The van der Waals surface area contributed by atoms with E-state index in [0.29, 0.717) is 29.1 Å². The van der Waals surface area contributed by atoms with Crippen LogP contribution in [0.4, 0.5) is 4.39 Å². The summed E-state index contributed by atoms with van der Waals surface area (Å²) in [6.45, 7) is 2.09. The lowest BCUT2D eigenvalue weighted by atomic mass is 10.2. The van der Waals surface area contributed by atoms with Crippen LogP contribution < -0.4 is 5.32 Å². The van der Waals surface area contributed by atoms with Gasteiger partial charge in [0.25, 0.3) is 0 Å². The molecule has 98 valence electrons. The molecule has 1 aromatic rings. The molecular formula is C11H13FN2O3S. The third-order valence-electron chi connectivity index (χ3n) is 2.57. The van der Waals surface area contributed by atoms with Gasteiger partial charge in [-0.1, -0.05) is 0 Å². The van der Waals surface area contributed by atoms with Crippen LogP contribution >= 0.6 is 11.3 Å². The maximum atomic E-state index is 14.1. The van der Waals surface area contributed by atoms with E-state index in [1.807, 2.05) is 0 Å². The average Bonchev–Trinajstić information content (AvgIpc) is 2.94. The van der Waals surface area contributed by atoms with Crippen LogP contribution in [0.15, 0.2) is 0 Å². The number of ether oxygens (including phenoxy) is 1. The predicted molar refractivity (Wildman–Crippen MR) is 63.0 cm³/mol. The zero-order valence-electron chi connectivity index (χ0n) is 9.86. The van der Waals surface area contributed by atoms with Gasteiger partial charge in [0, 0.05) is 0 Å². The van der Waals surface area contributed by atoms with Crippen molar-refractivity contribution in [3.8, 4) is 0 Å². The molecule has 1 fully saturated rings. The van der Waals surface area contributed by atoms with Gasteiger partial charge in [0.1, 0.15) is 10.7 Å². The van der Waals surface area contributed by atoms with Gasteiger partial charge in [0.15, 0.2) is 5.69 Å². The van der Waals surface area contributed by atoms with Crippen molar-refractivity contribution in [2.75, 3.05) is 6.61 Å². The van der Waals surface area contributed by atoms with E-state index in [1.165, 1.54) is 0 Å². The van der Waals surface area contributed by atoms with E-state index in [2.05, 4.69) is 10.3 Å². The third kappa shape index (κ3) is 2.50. The number of esters is 1. The van der Waals surface area contributed by atoms with Crippen molar-refractivity contribution < 1.29 is 18.7 Å². The van der Waals surface area contributed by atoms with Crippen molar-refractivity contribution in [3.63, 3.8) is 0 Å². The summed E-state index contributed by atoms with van der Waals surface area (Å²) in [4.78, 5) is 26.3. The molecule has 0 spiro atoms. The number of alkyl halides is 1. The number of thiazole rings is 1. The first-order valence-electron chi connectivity index (χ1n) is 5.64. The second-order valence-electron chi connectivity index (χ2n) is 3.97. The third-order valence-corrected chi connectivity index (χ3v) is 3.81. The molecule has 0 radical (unpaired) electrons. The normalized spacial score (nSPS) is 16.1. The van der Waals surface area contributed by atoms with Crippen molar-refractivity contribution in [2.24, 2.45) is 0 Å². The van der Waals surface area contributed by atoms with Crippen molar-refractivity contribution in [2.45, 2.75) is 32.0 Å². The number of carbonyl (C=O) groups is 2. The lowest BCUT2D eigenvalue weighted by molar-refractivity contribution is -0.109. The molecule has 0 bridgehead atoms. The Labute approximate surface area is 107 Å². The molecule has 0 unspecified atom stereocenters. The van der Waals surface area contributed by atoms with Crippen LogP contribution in [0, 0.1) is 0 Å². The minimum atomic E-state index is -1.43. The summed E-state index contributed by atoms with van der Waals surface area (Å²) in [6, 6.07) is 0. The summed E-state index contributed by atoms with van der Waals surface area (Å²) < 4.78 is 19.0. The van der Waals surface area contributed by atoms with Gasteiger partial charge in [-0.3, -0.25) is 4.79 Å². The lowest BCUT2D eigenvalue weighted by Crippen LogP contribution is -2.12. The molecule has 5 nitrogen and oxygen atoms in total. The van der Waals surface area contributed by atoms with Gasteiger partial charge in [-0.2, -0.15) is 0 Å². The average molecular weight is 272 g/mol. The molecule has 1 heterocycles. The van der Waals surface area contributed by atoms with Gasteiger partial charge in [0.05, 0.1) is 18.0 Å². The molecular weight excluding hydrogens is 259 g/mol. The summed E-state index contributed by atoms with van der Waals surface area (Å²) in [5.41, 5.74) is -1.39. The number of hydrogen-bond acceptors (Lipinski definition) is 5. The van der Waals surface area contributed by atoms with Crippen LogP contribution in [0.1, 0.15) is 40.1 Å². The molecule has 0 atom stereocenters. The predicted octanol–water partition coefficient (Wildman–Crippen LogP) is 1.52.